The average Bonchev–Trinajstić information content (AvgIpc) is 3.18. The normalized spacial score (nSPS) is 21.9. The molecule has 1 atom stereocenters. The highest BCUT2D eigenvalue weighted by molar-refractivity contribution is 14.0. The Hall–Kier alpha value is -0.340. The maximum absolute atomic E-state index is 5.66. The number of ether oxygens (including phenoxy) is 1. The molecule has 4 nitrogen and oxygen atoms in total. The molecule has 1 heterocycles. The molecule has 1 saturated carbocycles. The number of hydrogen-bond donors (Lipinski definition) is 2. The molecule has 0 radical (unpaired) electrons. The number of guanidine groups is 1. The van der Waals surface area contributed by atoms with Crippen molar-refractivity contribution in [1.82, 2.24) is 10.6 Å². The number of nitrogens with zero attached hydrogens (tertiary/aromatic N) is 1. The third-order valence-corrected chi connectivity index (χ3v) is 5.38. The highest BCUT2D eigenvalue weighted by atomic mass is 127. The quantitative estimate of drug-likeness (QED) is 0.349. The van der Waals surface area contributed by atoms with Crippen LogP contribution in [0.3, 0.4) is 0 Å². The molecule has 1 aliphatic carbocycles. The van der Waals surface area contributed by atoms with Gasteiger partial charge in [-0.25, -0.2) is 0 Å². The predicted molar refractivity (Wildman–Crippen MR) is 113 cm³/mol. The first-order valence-corrected chi connectivity index (χ1v) is 9.33. The molecule has 2 N–H and O–H groups in total. The Kier molecular flexibility index (Phi) is 7.81. The van der Waals surface area contributed by atoms with E-state index in [2.05, 4.69) is 55.8 Å². The number of rotatable bonds is 6. The van der Waals surface area contributed by atoms with Crippen molar-refractivity contribution in [2.24, 2.45) is 4.99 Å². The first-order valence-electron chi connectivity index (χ1n) is 8.54. The van der Waals surface area contributed by atoms with Crippen LogP contribution in [-0.4, -0.2) is 38.8 Å². The Morgan fingerprint density at radius 1 is 1.38 bits per heavy atom. The minimum atomic E-state index is 0. The van der Waals surface area contributed by atoms with Gasteiger partial charge in [-0.05, 0) is 49.8 Å². The molecular weight excluding hydrogens is 481 g/mol. The van der Waals surface area contributed by atoms with Gasteiger partial charge in [0.05, 0.1) is 6.10 Å². The third-order valence-electron chi connectivity index (χ3n) is 4.89. The van der Waals surface area contributed by atoms with Crippen LogP contribution in [0.2, 0.25) is 0 Å². The van der Waals surface area contributed by atoms with Gasteiger partial charge < -0.3 is 15.4 Å². The fourth-order valence-electron chi connectivity index (χ4n) is 3.23. The number of hydrogen-bond acceptors (Lipinski definition) is 2. The molecule has 0 amide bonds. The van der Waals surface area contributed by atoms with E-state index in [-0.39, 0.29) is 29.4 Å². The second-order valence-electron chi connectivity index (χ2n) is 6.57. The monoisotopic (exact) mass is 507 g/mol. The predicted octanol–water partition coefficient (Wildman–Crippen LogP) is 3.83. The summed E-state index contributed by atoms with van der Waals surface area (Å²) in [4.78, 5) is 4.34. The minimum Gasteiger partial charge on any atom is -0.378 e. The second-order valence-corrected chi connectivity index (χ2v) is 7.48. The van der Waals surface area contributed by atoms with Crippen molar-refractivity contribution >= 4 is 45.9 Å². The van der Waals surface area contributed by atoms with Crippen molar-refractivity contribution in [3.63, 3.8) is 0 Å². The van der Waals surface area contributed by atoms with Gasteiger partial charge in [0, 0.05) is 36.6 Å². The molecule has 1 saturated heterocycles. The fourth-order valence-corrected chi connectivity index (χ4v) is 3.63. The van der Waals surface area contributed by atoms with E-state index in [1.807, 2.05) is 7.05 Å². The molecule has 0 bridgehead atoms. The number of halogens is 2. The van der Waals surface area contributed by atoms with E-state index in [9.17, 15) is 0 Å². The van der Waals surface area contributed by atoms with Gasteiger partial charge in [0.25, 0.3) is 0 Å². The lowest BCUT2D eigenvalue weighted by molar-refractivity contribution is 0.105. The molecule has 3 rings (SSSR count). The summed E-state index contributed by atoms with van der Waals surface area (Å²) in [5.41, 5.74) is 1.69. The summed E-state index contributed by atoms with van der Waals surface area (Å²) in [5.74, 6) is 0.893. The van der Waals surface area contributed by atoms with Crippen LogP contribution < -0.4 is 10.6 Å². The maximum Gasteiger partial charge on any atom is 0.191 e. The molecule has 134 valence electrons. The van der Waals surface area contributed by atoms with Crippen molar-refractivity contribution in [1.29, 1.82) is 0 Å². The summed E-state index contributed by atoms with van der Waals surface area (Å²) < 4.78 is 6.81. The van der Waals surface area contributed by atoms with Crippen LogP contribution in [0.4, 0.5) is 0 Å². The highest BCUT2D eigenvalue weighted by Crippen LogP contribution is 2.48. The van der Waals surface area contributed by atoms with E-state index in [0.717, 1.165) is 36.5 Å². The fraction of sp³-hybridized carbons (Fsp3) is 0.611. The Morgan fingerprint density at radius 3 is 2.83 bits per heavy atom. The Balaban J connectivity index is 0.00000208. The number of aliphatic imine (C=N–C) groups is 1. The van der Waals surface area contributed by atoms with Crippen molar-refractivity contribution in [2.75, 3.05) is 26.7 Å². The van der Waals surface area contributed by atoms with Gasteiger partial charge in [-0.3, -0.25) is 4.99 Å². The van der Waals surface area contributed by atoms with Crippen molar-refractivity contribution < 1.29 is 4.74 Å². The van der Waals surface area contributed by atoms with E-state index >= 15 is 0 Å². The van der Waals surface area contributed by atoms with Crippen molar-refractivity contribution in [3.8, 4) is 0 Å². The van der Waals surface area contributed by atoms with Crippen molar-refractivity contribution in [3.05, 3.63) is 34.3 Å². The molecule has 0 spiro atoms. The zero-order chi connectivity index (χ0) is 16.1. The van der Waals surface area contributed by atoms with Gasteiger partial charge in [0.2, 0.25) is 0 Å². The second kappa shape index (κ2) is 9.38. The standard InChI is InChI=1S/C18H26BrN3O.HI/c1-20-17(21-10-7-16-6-3-11-23-16)22-13-18(8-9-18)14-4-2-5-15(19)12-14;/h2,4-5,12,16H,3,6-11,13H2,1H3,(H2,20,21,22);1H. The van der Waals surface area contributed by atoms with E-state index in [1.165, 1.54) is 31.2 Å². The van der Waals surface area contributed by atoms with E-state index in [4.69, 9.17) is 4.74 Å². The maximum atomic E-state index is 5.66. The Labute approximate surface area is 170 Å². The summed E-state index contributed by atoms with van der Waals surface area (Å²) in [6, 6.07) is 8.67. The van der Waals surface area contributed by atoms with Crippen LogP contribution >= 0.6 is 39.9 Å². The van der Waals surface area contributed by atoms with Crippen LogP contribution in [0.5, 0.6) is 0 Å². The van der Waals surface area contributed by atoms with Crippen molar-refractivity contribution in [2.45, 2.75) is 43.6 Å². The van der Waals surface area contributed by atoms with Gasteiger partial charge in [-0.1, -0.05) is 28.1 Å². The largest absolute Gasteiger partial charge is 0.378 e. The number of nitrogens with one attached hydrogen (secondary N) is 2. The van der Waals surface area contributed by atoms with Crippen LogP contribution in [-0.2, 0) is 10.2 Å². The smallest absolute Gasteiger partial charge is 0.191 e. The van der Waals surface area contributed by atoms with Gasteiger partial charge in [-0.2, -0.15) is 0 Å². The SMILES string of the molecule is CN=C(NCCC1CCCO1)NCC1(c2cccc(Br)c2)CC1.I. The Bertz CT molecular complexity index is 557. The molecule has 2 aliphatic rings. The lowest BCUT2D eigenvalue weighted by Gasteiger charge is -2.20. The van der Waals surface area contributed by atoms with E-state index in [0.29, 0.717) is 6.10 Å². The zero-order valence-electron chi connectivity index (χ0n) is 14.2. The van der Waals surface area contributed by atoms with Crippen LogP contribution in [0, 0.1) is 0 Å². The zero-order valence-corrected chi connectivity index (χ0v) is 18.1. The summed E-state index contributed by atoms with van der Waals surface area (Å²) >= 11 is 3.57. The van der Waals surface area contributed by atoms with E-state index < -0.39 is 0 Å². The average molecular weight is 508 g/mol. The summed E-state index contributed by atoms with van der Waals surface area (Å²) in [6.07, 6.45) is 6.36. The molecule has 0 aromatic heterocycles. The van der Waals surface area contributed by atoms with Crippen LogP contribution in [0.1, 0.15) is 37.7 Å². The topological polar surface area (TPSA) is 45.7 Å². The third kappa shape index (κ3) is 5.33. The van der Waals surface area contributed by atoms with Crippen LogP contribution in [0.25, 0.3) is 0 Å². The minimum absolute atomic E-state index is 0. The lowest BCUT2D eigenvalue weighted by atomic mass is 9.96. The molecular formula is C18H27BrIN3O. The first-order chi connectivity index (χ1) is 11.2. The summed E-state index contributed by atoms with van der Waals surface area (Å²) in [7, 11) is 1.83. The molecule has 2 fully saturated rings. The number of benzene rings is 1. The molecule has 1 aliphatic heterocycles. The highest BCUT2D eigenvalue weighted by Gasteiger charge is 2.44. The van der Waals surface area contributed by atoms with Gasteiger partial charge in [-0.15, -0.1) is 24.0 Å². The molecule has 1 aromatic rings. The van der Waals surface area contributed by atoms with Gasteiger partial charge in [0.15, 0.2) is 5.96 Å². The molecule has 1 aromatic carbocycles. The Morgan fingerprint density at radius 2 is 2.21 bits per heavy atom. The summed E-state index contributed by atoms with van der Waals surface area (Å²) in [5, 5.41) is 6.91. The van der Waals surface area contributed by atoms with E-state index in [1.54, 1.807) is 0 Å². The first kappa shape index (κ1) is 20.0. The molecule has 24 heavy (non-hydrogen) atoms. The lowest BCUT2D eigenvalue weighted by Crippen LogP contribution is -2.42. The molecule has 1 unspecified atom stereocenters. The van der Waals surface area contributed by atoms with Crippen LogP contribution in [0.15, 0.2) is 33.7 Å². The van der Waals surface area contributed by atoms with Gasteiger partial charge in [0.1, 0.15) is 0 Å². The van der Waals surface area contributed by atoms with Gasteiger partial charge >= 0.3 is 0 Å². The summed E-state index contributed by atoms with van der Waals surface area (Å²) in [6.45, 7) is 2.77. The molecule has 6 heteroatoms.